The first-order valence-corrected chi connectivity index (χ1v) is 7.84. The highest BCUT2D eigenvalue weighted by atomic mass is 19.3. The van der Waals surface area contributed by atoms with Gasteiger partial charge >= 0.3 is 0 Å². The summed E-state index contributed by atoms with van der Waals surface area (Å²) in [6.45, 7) is 0.366. The van der Waals surface area contributed by atoms with Gasteiger partial charge in [-0.25, -0.2) is 13.5 Å². The van der Waals surface area contributed by atoms with Crippen molar-refractivity contribution in [2.45, 2.75) is 31.7 Å². The van der Waals surface area contributed by atoms with Crippen LogP contribution in [0, 0.1) is 5.95 Å². The van der Waals surface area contributed by atoms with Gasteiger partial charge in [-0.05, 0) is 24.8 Å². The Bertz CT molecular complexity index is 726. The monoisotopic (exact) mass is 337 g/mol. The van der Waals surface area contributed by atoms with Crippen LogP contribution in [0.5, 0.6) is 0 Å². The van der Waals surface area contributed by atoms with E-state index in [9.17, 15) is 18.0 Å². The van der Waals surface area contributed by atoms with Crippen molar-refractivity contribution in [1.29, 1.82) is 0 Å². The second kappa shape index (κ2) is 6.67. The first kappa shape index (κ1) is 16.5. The first-order chi connectivity index (χ1) is 11.5. The Morgan fingerprint density at radius 2 is 2.00 bits per heavy atom. The number of rotatable bonds is 6. The molecule has 1 aromatic heterocycles. The summed E-state index contributed by atoms with van der Waals surface area (Å²) in [5.74, 6) is -1.71. The molecule has 3 rings (SSSR count). The number of amides is 1. The Hall–Kier alpha value is -2.31. The number of hydrogen-bond acceptors (Lipinski definition) is 2. The van der Waals surface area contributed by atoms with Gasteiger partial charge in [0.1, 0.15) is 11.3 Å². The topological polar surface area (TPSA) is 38.1 Å². The second-order valence-corrected chi connectivity index (χ2v) is 5.94. The van der Waals surface area contributed by atoms with E-state index in [1.807, 2.05) is 30.3 Å². The van der Waals surface area contributed by atoms with Gasteiger partial charge in [0.2, 0.25) is 5.95 Å². The number of halogens is 3. The molecular weight excluding hydrogens is 319 g/mol. The molecule has 0 saturated heterocycles. The largest absolute Gasteiger partial charge is 0.335 e. The van der Waals surface area contributed by atoms with Gasteiger partial charge < -0.3 is 4.90 Å². The van der Waals surface area contributed by atoms with Gasteiger partial charge in [-0.15, -0.1) is 0 Å². The van der Waals surface area contributed by atoms with Crippen LogP contribution in [-0.4, -0.2) is 33.2 Å². The fourth-order valence-corrected chi connectivity index (χ4v) is 2.75. The Balaban J connectivity index is 1.83. The average molecular weight is 337 g/mol. The Morgan fingerprint density at radius 3 is 2.58 bits per heavy atom. The number of nitrogens with zero attached hydrogens (tertiary/aromatic N) is 3. The summed E-state index contributed by atoms with van der Waals surface area (Å²) in [6, 6.07) is 9.55. The Labute approximate surface area is 137 Å². The summed E-state index contributed by atoms with van der Waals surface area (Å²) < 4.78 is 41.0. The minimum Gasteiger partial charge on any atom is -0.335 e. The van der Waals surface area contributed by atoms with Crippen LogP contribution in [0.15, 0.2) is 30.3 Å². The zero-order valence-corrected chi connectivity index (χ0v) is 13.3. The van der Waals surface area contributed by atoms with Crippen LogP contribution in [0.1, 0.15) is 40.9 Å². The third-order valence-corrected chi connectivity index (χ3v) is 4.16. The lowest BCUT2D eigenvalue weighted by Crippen LogP contribution is -2.36. The number of carbonyl (C=O) groups is 1. The van der Waals surface area contributed by atoms with Crippen LogP contribution in [0.3, 0.4) is 0 Å². The number of aromatic nitrogens is 2. The molecule has 1 aliphatic carbocycles. The number of carbonyl (C=O) groups excluding carboxylic acids is 1. The molecule has 0 atom stereocenters. The van der Waals surface area contributed by atoms with E-state index in [4.69, 9.17) is 0 Å². The number of benzene rings is 1. The molecule has 1 aromatic carbocycles. The molecule has 0 unspecified atom stereocenters. The van der Waals surface area contributed by atoms with Crippen LogP contribution in [0.4, 0.5) is 13.2 Å². The molecular formula is C17H18F3N3O. The quantitative estimate of drug-likeness (QED) is 0.811. The van der Waals surface area contributed by atoms with Crippen LogP contribution >= 0.6 is 0 Å². The molecule has 0 N–H and O–H groups in total. The summed E-state index contributed by atoms with van der Waals surface area (Å²) in [7, 11) is 1.21. The molecule has 1 fully saturated rings. The van der Waals surface area contributed by atoms with Crippen LogP contribution in [0.25, 0.3) is 0 Å². The Kier molecular flexibility index (Phi) is 4.59. The van der Waals surface area contributed by atoms with Gasteiger partial charge in [0.15, 0.2) is 0 Å². The van der Waals surface area contributed by atoms with Gasteiger partial charge in [-0.3, -0.25) is 4.79 Å². The molecule has 1 saturated carbocycles. The van der Waals surface area contributed by atoms with Crippen molar-refractivity contribution in [2.75, 3.05) is 6.54 Å². The van der Waals surface area contributed by atoms with E-state index < -0.39 is 29.5 Å². The SMILES string of the molecule is Cn1nc(C(F)F)c(C(=O)N(CCc2ccccc2)C2CC2)c1F. The van der Waals surface area contributed by atoms with Gasteiger partial charge in [-0.1, -0.05) is 30.3 Å². The zero-order valence-electron chi connectivity index (χ0n) is 13.3. The minimum absolute atomic E-state index is 0.00802. The molecule has 4 nitrogen and oxygen atoms in total. The fourth-order valence-electron chi connectivity index (χ4n) is 2.75. The molecule has 1 amide bonds. The molecule has 0 bridgehead atoms. The summed E-state index contributed by atoms with van der Waals surface area (Å²) in [5, 5.41) is 3.46. The summed E-state index contributed by atoms with van der Waals surface area (Å²) in [4.78, 5) is 14.2. The maximum atomic E-state index is 14.2. The first-order valence-electron chi connectivity index (χ1n) is 7.84. The highest BCUT2D eigenvalue weighted by Gasteiger charge is 2.37. The molecule has 0 aliphatic heterocycles. The van der Waals surface area contributed by atoms with E-state index in [-0.39, 0.29) is 6.04 Å². The molecule has 0 radical (unpaired) electrons. The number of aryl methyl sites for hydroxylation is 1. The van der Waals surface area contributed by atoms with Crippen LogP contribution < -0.4 is 0 Å². The van der Waals surface area contributed by atoms with Crippen molar-refractivity contribution < 1.29 is 18.0 Å². The molecule has 0 spiro atoms. The van der Waals surface area contributed by atoms with E-state index in [2.05, 4.69) is 5.10 Å². The molecule has 2 aromatic rings. The van der Waals surface area contributed by atoms with E-state index in [0.717, 1.165) is 18.4 Å². The fraction of sp³-hybridized carbons (Fsp3) is 0.412. The van der Waals surface area contributed by atoms with Crippen molar-refractivity contribution in [2.24, 2.45) is 7.05 Å². The summed E-state index contributed by atoms with van der Waals surface area (Å²) in [6.07, 6.45) is -0.775. The van der Waals surface area contributed by atoms with Gasteiger partial charge in [0.25, 0.3) is 12.3 Å². The highest BCUT2D eigenvalue weighted by molar-refractivity contribution is 5.96. The Morgan fingerprint density at radius 1 is 1.33 bits per heavy atom. The highest BCUT2D eigenvalue weighted by Crippen LogP contribution is 2.31. The van der Waals surface area contributed by atoms with Gasteiger partial charge in [-0.2, -0.15) is 9.49 Å². The standard InChI is InChI=1S/C17H18F3N3O/c1-22-16(20)13(14(21-22)15(18)19)17(24)23(12-7-8-12)10-9-11-5-3-2-4-6-11/h2-6,12,15H,7-10H2,1H3. The number of hydrogen-bond donors (Lipinski definition) is 0. The summed E-state index contributed by atoms with van der Waals surface area (Å²) in [5.41, 5.74) is -0.352. The molecule has 7 heteroatoms. The predicted molar refractivity (Wildman–Crippen MR) is 82.3 cm³/mol. The third kappa shape index (κ3) is 3.29. The van der Waals surface area contributed by atoms with Crippen LogP contribution in [0.2, 0.25) is 0 Å². The second-order valence-electron chi connectivity index (χ2n) is 5.94. The van der Waals surface area contributed by atoms with Gasteiger partial charge in [0, 0.05) is 19.6 Å². The lowest BCUT2D eigenvalue weighted by Gasteiger charge is -2.22. The molecule has 1 heterocycles. The lowest BCUT2D eigenvalue weighted by atomic mass is 10.1. The van der Waals surface area contributed by atoms with E-state index in [0.29, 0.717) is 17.6 Å². The smallest absolute Gasteiger partial charge is 0.283 e. The maximum absolute atomic E-state index is 14.2. The summed E-state index contributed by atoms with van der Waals surface area (Å²) >= 11 is 0. The van der Waals surface area contributed by atoms with Crippen molar-refractivity contribution in [3.8, 4) is 0 Å². The normalized spacial score (nSPS) is 14.2. The average Bonchev–Trinajstić information content (AvgIpc) is 3.35. The number of alkyl halides is 2. The van der Waals surface area contributed by atoms with E-state index in [1.165, 1.54) is 11.9 Å². The maximum Gasteiger partial charge on any atom is 0.283 e. The van der Waals surface area contributed by atoms with Crippen molar-refractivity contribution in [3.05, 3.63) is 53.1 Å². The van der Waals surface area contributed by atoms with Crippen molar-refractivity contribution in [1.82, 2.24) is 14.7 Å². The zero-order chi connectivity index (χ0) is 17.3. The van der Waals surface area contributed by atoms with Crippen LogP contribution in [-0.2, 0) is 13.5 Å². The molecule has 1 aliphatic rings. The third-order valence-electron chi connectivity index (χ3n) is 4.16. The predicted octanol–water partition coefficient (Wildman–Crippen LogP) is 3.34. The minimum atomic E-state index is -2.99. The van der Waals surface area contributed by atoms with Crippen molar-refractivity contribution in [3.63, 3.8) is 0 Å². The van der Waals surface area contributed by atoms with E-state index in [1.54, 1.807) is 0 Å². The molecule has 24 heavy (non-hydrogen) atoms. The van der Waals surface area contributed by atoms with Crippen molar-refractivity contribution >= 4 is 5.91 Å². The van der Waals surface area contributed by atoms with Gasteiger partial charge in [0.05, 0.1) is 0 Å². The molecule has 128 valence electrons. The lowest BCUT2D eigenvalue weighted by molar-refractivity contribution is 0.0727. The van der Waals surface area contributed by atoms with E-state index >= 15 is 0 Å².